The van der Waals surface area contributed by atoms with E-state index in [0.29, 0.717) is 0 Å². The van der Waals surface area contributed by atoms with Gasteiger partial charge in [-0.25, -0.2) is 0 Å². The summed E-state index contributed by atoms with van der Waals surface area (Å²) in [5.41, 5.74) is -0.802. The van der Waals surface area contributed by atoms with E-state index in [1.54, 1.807) is 0 Å². The second-order valence-electron chi connectivity index (χ2n) is 2.09. The number of rotatable bonds is 6. The van der Waals surface area contributed by atoms with Crippen LogP contribution in [-0.2, 0) is 13.6 Å². The average Bonchev–Trinajstić information content (AvgIpc) is 2.03. The number of carbonyl (C=O) groups is 1. The summed E-state index contributed by atoms with van der Waals surface area (Å²) >= 11 is 0. The van der Waals surface area contributed by atoms with Gasteiger partial charge >= 0.3 is 15.3 Å². The highest BCUT2D eigenvalue weighted by atomic mass is 28.3. The zero-order chi connectivity index (χ0) is 9.56. The third-order valence-electron chi connectivity index (χ3n) is 1.28. The summed E-state index contributed by atoms with van der Waals surface area (Å²) in [5.74, 6) is -1.06. The number of aliphatic hydroxyl groups excluding tert-OH is 2. The highest BCUT2D eigenvalue weighted by Crippen LogP contribution is 2.10. The fourth-order valence-electron chi connectivity index (χ4n) is 0.600. The molecule has 0 spiro atoms. The summed E-state index contributed by atoms with van der Waals surface area (Å²) < 4.78 is 9.27. The van der Waals surface area contributed by atoms with E-state index in [-0.39, 0.29) is 0 Å². The van der Waals surface area contributed by atoms with Crippen LogP contribution < -0.4 is 0 Å². The van der Waals surface area contributed by atoms with E-state index in [9.17, 15) is 4.79 Å². The highest BCUT2D eigenvalue weighted by Gasteiger charge is 2.28. The molecule has 0 aromatic heterocycles. The van der Waals surface area contributed by atoms with Gasteiger partial charge in [0.2, 0.25) is 0 Å². The monoisotopic (exact) mass is 196 g/mol. The normalized spacial score (nSPS) is 13.3. The molecule has 0 aliphatic heterocycles. The molecule has 1 atom stereocenters. The lowest BCUT2D eigenvalue weighted by Crippen LogP contribution is -2.32. The van der Waals surface area contributed by atoms with E-state index in [2.05, 4.69) is 8.85 Å². The summed E-state index contributed by atoms with van der Waals surface area (Å²) in [4.78, 5) is 10.4. The van der Waals surface area contributed by atoms with E-state index in [1.807, 2.05) is 0 Å². The molecular weight excluding hydrogens is 184 g/mol. The van der Waals surface area contributed by atoms with Crippen LogP contribution in [0.5, 0.6) is 0 Å². The van der Waals surface area contributed by atoms with Crippen molar-refractivity contribution >= 4 is 15.3 Å². The molecule has 0 aromatic carbocycles. The van der Waals surface area contributed by atoms with Crippen molar-refractivity contribution in [3.05, 3.63) is 0 Å². The van der Waals surface area contributed by atoms with Gasteiger partial charge in [-0.05, 0) is 0 Å². The predicted octanol–water partition coefficient (Wildman–Crippen LogP) is -1.39. The van der Waals surface area contributed by atoms with Gasteiger partial charge in [-0.15, -0.1) is 0 Å². The van der Waals surface area contributed by atoms with Crippen molar-refractivity contribution in [2.45, 2.75) is 12.5 Å². The van der Waals surface area contributed by atoms with Crippen molar-refractivity contribution in [1.82, 2.24) is 0 Å². The Morgan fingerprint density at radius 2 is 1.83 bits per heavy atom. The van der Waals surface area contributed by atoms with Crippen molar-refractivity contribution in [3.63, 3.8) is 0 Å². The van der Waals surface area contributed by atoms with Crippen molar-refractivity contribution in [2.75, 3.05) is 13.6 Å². The maximum atomic E-state index is 10.4. The minimum Gasteiger partial charge on any atom is -0.481 e. The molecule has 0 rings (SSSR count). The first-order valence-corrected chi connectivity index (χ1v) is 4.92. The molecule has 0 saturated heterocycles. The lowest BCUT2D eigenvalue weighted by atomic mass is 10.5. The van der Waals surface area contributed by atoms with Crippen LogP contribution in [0.4, 0.5) is 0 Å². The first kappa shape index (κ1) is 11.5. The molecule has 0 aromatic rings. The Bertz CT molecular complexity index is 134. The highest BCUT2D eigenvalue weighted by molar-refractivity contribution is 6.51. The Morgan fingerprint density at radius 3 is 2.08 bits per heavy atom. The van der Waals surface area contributed by atoms with E-state index in [1.165, 1.54) is 6.92 Å². The number of carboxylic acid groups (broad SMARTS) is 1. The summed E-state index contributed by atoms with van der Waals surface area (Å²) in [6.45, 7) is 0.230. The molecule has 12 heavy (non-hydrogen) atoms. The standard InChI is InChI=1S/C5H12O6Si/c1-4(5(8)9)12(10-2-6)11-3-7/h4,6-7,12H,2-3H2,1H3,(H,8,9). The number of carboxylic acids is 1. The Kier molecular flexibility index (Phi) is 5.85. The van der Waals surface area contributed by atoms with E-state index in [4.69, 9.17) is 15.3 Å². The van der Waals surface area contributed by atoms with Crippen LogP contribution in [0.1, 0.15) is 6.92 Å². The maximum Gasteiger partial charge on any atom is 0.339 e. The van der Waals surface area contributed by atoms with Gasteiger partial charge in [-0.2, -0.15) is 0 Å². The average molecular weight is 196 g/mol. The summed E-state index contributed by atoms with van der Waals surface area (Å²) in [7, 11) is -2.49. The number of aliphatic hydroxyl groups is 2. The Hall–Kier alpha value is -0.473. The molecule has 0 aliphatic rings. The van der Waals surface area contributed by atoms with E-state index >= 15 is 0 Å². The molecule has 7 heteroatoms. The SMILES string of the molecule is CC(C(=O)O)[SiH](OCO)OCO. The number of hydrogen-bond acceptors (Lipinski definition) is 5. The van der Waals surface area contributed by atoms with Gasteiger partial charge in [-0.3, -0.25) is 4.79 Å². The lowest BCUT2D eigenvalue weighted by Gasteiger charge is -2.16. The molecule has 0 aliphatic carbocycles. The summed E-state index contributed by atoms with van der Waals surface area (Å²) in [5, 5.41) is 25.2. The van der Waals surface area contributed by atoms with Gasteiger partial charge in [-0.1, -0.05) is 6.92 Å². The quantitative estimate of drug-likeness (QED) is 0.358. The molecule has 72 valence electrons. The second kappa shape index (κ2) is 6.09. The fraction of sp³-hybridized carbons (Fsp3) is 0.800. The molecule has 0 radical (unpaired) electrons. The van der Waals surface area contributed by atoms with E-state index < -0.39 is 34.4 Å². The van der Waals surface area contributed by atoms with Crippen LogP contribution in [0.3, 0.4) is 0 Å². The Morgan fingerprint density at radius 1 is 1.42 bits per heavy atom. The first-order valence-electron chi connectivity index (χ1n) is 3.31. The number of aliphatic carboxylic acids is 1. The molecule has 1 unspecified atom stereocenters. The minimum atomic E-state index is -2.49. The van der Waals surface area contributed by atoms with Gasteiger partial charge in [0.15, 0.2) is 0 Å². The Balaban J connectivity index is 3.98. The van der Waals surface area contributed by atoms with E-state index in [0.717, 1.165) is 0 Å². The molecule has 0 heterocycles. The minimum absolute atomic E-state index is 0.589. The zero-order valence-electron chi connectivity index (χ0n) is 6.64. The first-order chi connectivity index (χ1) is 5.63. The topological polar surface area (TPSA) is 96.2 Å². The summed E-state index contributed by atoms with van der Waals surface area (Å²) in [6, 6.07) is 0. The third-order valence-corrected chi connectivity index (χ3v) is 3.33. The molecule has 0 saturated carbocycles. The molecule has 0 amide bonds. The number of hydrogen-bond donors (Lipinski definition) is 3. The van der Waals surface area contributed by atoms with Crippen molar-refractivity contribution < 1.29 is 29.0 Å². The maximum absolute atomic E-state index is 10.4. The summed E-state index contributed by atoms with van der Waals surface area (Å²) in [6.07, 6.45) is 0. The molecule has 0 bridgehead atoms. The van der Waals surface area contributed by atoms with Crippen molar-refractivity contribution in [1.29, 1.82) is 0 Å². The fourth-order valence-corrected chi connectivity index (χ4v) is 1.80. The van der Waals surface area contributed by atoms with Gasteiger partial charge < -0.3 is 24.2 Å². The molecule has 0 fully saturated rings. The van der Waals surface area contributed by atoms with Crippen molar-refractivity contribution in [2.24, 2.45) is 0 Å². The van der Waals surface area contributed by atoms with Crippen molar-refractivity contribution in [3.8, 4) is 0 Å². The molecule has 3 N–H and O–H groups in total. The second-order valence-corrected chi connectivity index (χ2v) is 4.49. The molecule has 6 nitrogen and oxygen atoms in total. The third kappa shape index (κ3) is 3.79. The smallest absolute Gasteiger partial charge is 0.339 e. The largest absolute Gasteiger partial charge is 0.481 e. The van der Waals surface area contributed by atoms with Crippen LogP contribution in [0.2, 0.25) is 5.54 Å². The van der Waals surface area contributed by atoms with Crippen LogP contribution in [-0.4, -0.2) is 44.2 Å². The van der Waals surface area contributed by atoms with Gasteiger partial charge in [0.05, 0.1) is 5.54 Å². The van der Waals surface area contributed by atoms with Gasteiger partial charge in [0.1, 0.15) is 13.6 Å². The molecular formula is C5H12O6Si. The Labute approximate surface area is 71.2 Å². The van der Waals surface area contributed by atoms with Crippen LogP contribution in [0, 0.1) is 0 Å². The van der Waals surface area contributed by atoms with Crippen LogP contribution in [0.25, 0.3) is 0 Å². The zero-order valence-corrected chi connectivity index (χ0v) is 7.79. The predicted molar refractivity (Wildman–Crippen MR) is 40.6 cm³/mol. The lowest BCUT2D eigenvalue weighted by molar-refractivity contribution is -0.137. The van der Waals surface area contributed by atoms with Gasteiger partial charge in [0.25, 0.3) is 0 Å². The van der Waals surface area contributed by atoms with Gasteiger partial charge in [0, 0.05) is 0 Å². The van der Waals surface area contributed by atoms with Crippen LogP contribution >= 0.6 is 0 Å². The van der Waals surface area contributed by atoms with Crippen LogP contribution in [0.15, 0.2) is 0 Å².